The molecule has 1 aromatic heterocycles. The lowest BCUT2D eigenvalue weighted by molar-refractivity contribution is 0.0170. The number of carbonyl (C=O) groups is 1. The van der Waals surface area contributed by atoms with Gasteiger partial charge in [0.2, 0.25) is 0 Å². The molecule has 2 N–H and O–H groups in total. The van der Waals surface area contributed by atoms with Gasteiger partial charge >= 0.3 is 6.09 Å². The van der Waals surface area contributed by atoms with Crippen LogP contribution in [0.2, 0.25) is 0 Å². The monoisotopic (exact) mass is 449 g/mol. The zero-order valence-electron chi connectivity index (χ0n) is 20.2. The maximum Gasteiger partial charge on any atom is 0.410 e. The molecule has 1 atom stereocenters. The van der Waals surface area contributed by atoms with Crippen LogP contribution in [-0.4, -0.2) is 46.2 Å². The third-order valence-corrected chi connectivity index (χ3v) is 7.51. The number of aryl methyl sites for hydroxylation is 1. The lowest BCUT2D eigenvalue weighted by Gasteiger charge is -2.40. The number of aromatic nitrogens is 2. The fourth-order valence-corrected chi connectivity index (χ4v) is 5.94. The van der Waals surface area contributed by atoms with Crippen LogP contribution in [0, 0.1) is 0 Å². The molecule has 1 aliphatic carbocycles. The second-order valence-electron chi connectivity index (χ2n) is 10.8. The van der Waals surface area contributed by atoms with Crippen molar-refractivity contribution in [2.24, 2.45) is 5.73 Å². The lowest BCUT2D eigenvalue weighted by atomic mass is 9.72. The molecule has 0 bridgehead atoms. The van der Waals surface area contributed by atoms with Crippen molar-refractivity contribution in [3.8, 4) is 0 Å². The molecule has 1 fully saturated rings. The Morgan fingerprint density at radius 3 is 2.70 bits per heavy atom. The first-order valence-corrected chi connectivity index (χ1v) is 12.1. The maximum absolute atomic E-state index is 12.7. The highest BCUT2D eigenvalue weighted by atomic mass is 16.6. The number of hydrogen-bond donors (Lipinski definition) is 1. The molecule has 0 radical (unpaired) electrons. The highest BCUT2D eigenvalue weighted by Gasteiger charge is 2.48. The van der Waals surface area contributed by atoms with Gasteiger partial charge in [0.05, 0.1) is 0 Å². The predicted molar refractivity (Wildman–Crippen MR) is 129 cm³/mol. The summed E-state index contributed by atoms with van der Waals surface area (Å²) in [6.45, 7) is 10.7. The second kappa shape index (κ2) is 7.97. The van der Waals surface area contributed by atoms with Gasteiger partial charge in [0.25, 0.3) is 0 Å². The molecule has 0 saturated carbocycles. The first kappa shape index (κ1) is 22.1. The van der Waals surface area contributed by atoms with Crippen molar-refractivity contribution in [2.45, 2.75) is 76.9 Å². The number of nitrogens with two attached hydrogens (primary N) is 1. The summed E-state index contributed by atoms with van der Waals surface area (Å²) in [6.07, 6.45) is 5.41. The van der Waals surface area contributed by atoms with Gasteiger partial charge in [-0.3, -0.25) is 0 Å². The van der Waals surface area contributed by atoms with Crippen molar-refractivity contribution in [3.63, 3.8) is 0 Å². The molecule has 1 spiro atoms. The van der Waals surface area contributed by atoms with Crippen LogP contribution >= 0.6 is 0 Å². The molecule has 1 amide bonds. The molecule has 7 heteroatoms. The van der Waals surface area contributed by atoms with Crippen LogP contribution in [-0.2, 0) is 23.1 Å². The van der Waals surface area contributed by atoms with Gasteiger partial charge in [0.1, 0.15) is 17.7 Å². The average molecular weight is 450 g/mol. The summed E-state index contributed by atoms with van der Waals surface area (Å²) in [5.74, 6) is 1.51. The number of carbonyl (C=O) groups excluding carboxylic acids is 1. The third kappa shape index (κ3) is 3.76. The van der Waals surface area contributed by atoms with Crippen molar-refractivity contribution in [3.05, 3.63) is 46.9 Å². The minimum Gasteiger partial charge on any atom is -0.444 e. The summed E-state index contributed by atoms with van der Waals surface area (Å²) >= 11 is 0. The van der Waals surface area contributed by atoms with E-state index in [0.717, 1.165) is 38.0 Å². The molecule has 33 heavy (non-hydrogen) atoms. The Balaban J connectivity index is 1.50. The van der Waals surface area contributed by atoms with Gasteiger partial charge in [-0.25, -0.2) is 14.8 Å². The van der Waals surface area contributed by atoms with Crippen LogP contribution in [0.5, 0.6) is 0 Å². The summed E-state index contributed by atoms with van der Waals surface area (Å²) in [5, 5.41) is 0. The first-order valence-electron chi connectivity index (χ1n) is 12.1. The van der Waals surface area contributed by atoms with E-state index >= 15 is 0 Å². The lowest BCUT2D eigenvalue weighted by Crippen LogP contribution is -2.48. The van der Waals surface area contributed by atoms with E-state index in [1.807, 2.05) is 25.7 Å². The molecular formula is C26H35N5O2. The van der Waals surface area contributed by atoms with Crippen molar-refractivity contribution in [2.75, 3.05) is 24.5 Å². The van der Waals surface area contributed by atoms with Crippen LogP contribution in [0.3, 0.4) is 0 Å². The Hall–Kier alpha value is -2.67. The van der Waals surface area contributed by atoms with E-state index in [1.54, 1.807) is 6.33 Å². The van der Waals surface area contributed by atoms with Crippen LogP contribution in [0.25, 0.3) is 0 Å². The molecule has 1 saturated heterocycles. The van der Waals surface area contributed by atoms with E-state index in [-0.39, 0.29) is 11.5 Å². The molecule has 7 nitrogen and oxygen atoms in total. The van der Waals surface area contributed by atoms with Gasteiger partial charge in [0.15, 0.2) is 0 Å². The number of fused-ring (bicyclic) bond motifs is 3. The summed E-state index contributed by atoms with van der Waals surface area (Å²) < 4.78 is 5.63. The quantitative estimate of drug-likeness (QED) is 0.731. The number of piperidine rings is 1. The Morgan fingerprint density at radius 2 is 2.00 bits per heavy atom. The maximum atomic E-state index is 12.7. The van der Waals surface area contributed by atoms with E-state index in [2.05, 4.69) is 35.0 Å². The van der Waals surface area contributed by atoms with Crippen LogP contribution in [0.1, 0.15) is 75.3 Å². The van der Waals surface area contributed by atoms with Gasteiger partial charge in [0, 0.05) is 48.5 Å². The number of nitrogens with zero attached hydrogens (tertiary/aromatic N) is 4. The van der Waals surface area contributed by atoms with Gasteiger partial charge in [-0.05, 0) is 69.6 Å². The number of ether oxygens (including phenoxy) is 1. The smallest absolute Gasteiger partial charge is 0.410 e. The minimum atomic E-state index is -0.486. The summed E-state index contributed by atoms with van der Waals surface area (Å²) in [7, 11) is 0. The van der Waals surface area contributed by atoms with Crippen molar-refractivity contribution in [1.82, 2.24) is 14.9 Å². The molecule has 5 rings (SSSR count). The molecule has 2 aliphatic heterocycles. The fraction of sp³-hybridized carbons (Fsp3) is 0.577. The number of amides is 1. The number of benzene rings is 1. The minimum absolute atomic E-state index is 0.0521. The molecule has 2 aromatic rings. The fourth-order valence-electron chi connectivity index (χ4n) is 5.94. The summed E-state index contributed by atoms with van der Waals surface area (Å²) in [6, 6.07) is 6.46. The normalized spacial score (nSPS) is 21.3. The molecule has 1 aromatic carbocycles. The number of likely N-dealkylation sites (tertiary alicyclic amines) is 1. The SMILES string of the molecule is CC1CCc2ncnc(N3CC4(CCN(C(=O)OC(C)(C)C)CC4)c4c(CN)cccc43)c21. The number of rotatable bonds is 2. The highest BCUT2D eigenvalue weighted by molar-refractivity contribution is 5.75. The first-order chi connectivity index (χ1) is 15.7. The predicted octanol–water partition coefficient (Wildman–Crippen LogP) is 4.41. The highest BCUT2D eigenvalue weighted by Crippen LogP contribution is 2.52. The molecule has 3 aliphatic rings. The van der Waals surface area contributed by atoms with E-state index in [0.29, 0.717) is 25.6 Å². The molecular weight excluding hydrogens is 414 g/mol. The van der Waals surface area contributed by atoms with Crippen molar-refractivity contribution in [1.29, 1.82) is 0 Å². The van der Waals surface area contributed by atoms with Gasteiger partial charge < -0.3 is 20.3 Å². The molecule has 1 unspecified atom stereocenters. The Kier molecular flexibility index (Phi) is 5.35. The van der Waals surface area contributed by atoms with Gasteiger partial charge in [-0.15, -0.1) is 0 Å². The Labute approximate surface area is 196 Å². The van der Waals surface area contributed by atoms with E-state index in [1.165, 1.54) is 28.1 Å². The largest absolute Gasteiger partial charge is 0.444 e. The van der Waals surface area contributed by atoms with Gasteiger partial charge in [-0.1, -0.05) is 19.1 Å². The van der Waals surface area contributed by atoms with Crippen molar-refractivity contribution < 1.29 is 9.53 Å². The zero-order valence-corrected chi connectivity index (χ0v) is 20.2. The molecule has 3 heterocycles. The van der Waals surface area contributed by atoms with Crippen LogP contribution in [0.15, 0.2) is 24.5 Å². The Morgan fingerprint density at radius 1 is 1.24 bits per heavy atom. The van der Waals surface area contributed by atoms with Crippen LogP contribution in [0.4, 0.5) is 16.3 Å². The third-order valence-electron chi connectivity index (χ3n) is 7.51. The Bertz CT molecular complexity index is 1070. The second-order valence-corrected chi connectivity index (χ2v) is 10.8. The van der Waals surface area contributed by atoms with E-state index in [9.17, 15) is 4.79 Å². The van der Waals surface area contributed by atoms with Gasteiger partial charge in [-0.2, -0.15) is 0 Å². The molecule has 176 valence electrons. The topological polar surface area (TPSA) is 84.6 Å². The summed E-state index contributed by atoms with van der Waals surface area (Å²) in [5.41, 5.74) is 11.9. The summed E-state index contributed by atoms with van der Waals surface area (Å²) in [4.78, 5) is 26.3. The standard InChI is InChI=1S/C26H35N5O2/c1-17-8-9-19-21(17)23(29-16-28-19)31-15-26(22-18(14-27)6-5-7-20(22)31)10-12-30(13-11-26)24(32)33-25(2,3)4/h5-7,16-17H,8-15,27H2,1-4H3. The number of anilines is 2. The van der Waals surface area contributed by atoms with Crippen molar-refractivity contribution >= 4 is 17.6 Å². The van der Waals surface area contributed by atoms with E-state index < -0.39 is 5.60 Å². The average Bonchev–Trinajstić information content (AvgIpc) is 3.32. The van der Waals surface area contributed by atoms with Crippen LogP contribution < -0.4 is 10.6 Å². The van der Waals surface area contributed by atoms with E-state index in [4.69, 9.17) is 15.5 Å². The number of hydrogen-bond acceptors (Lipinski definition) is 6. The zero-order chi connectivity index (χ0) is 23.4.